The first-order valence-corrected chi connectivity index (χ1v) is 9.38. The number of alkyl halides is 3. The Morgan fingerprint density at radius 2 is 2.07 bits per heavy atom. The van der Waals surface area contributed by atoms with Crippen molar-refractivity contribution >= 4 is 16.8 Å². The molecule has 1 fully saturated rings. The molecule has 0 spiro atoms. The number of carbonyl (C=O) groups is 1. The van der Waals surface area contributed by atoms with Crippen molar-refractivity contribution in [2.75, 3.05) is 6.54 Å². The summed E-state index contributed by atoms with van der Waals surface area (Å²) in [4.78, 5) is 15.3. The van der Waals surface area contributed by atoms with Gasteiger partial charge >= 0.3 is 6.18 Å². The van der Waals surface area contributed by atoms with Gasteiger partial charge in [0, 0.05) is 41.8 Å². The third-order valence-electron chi connectivity index (χ3n) is 4.99. The Hall–Kier alpha value is -2.77. The van der Waals surface area contributed by atoms with Crippen molar-refractivity contribution in [3.8, 4) is 0 Å². The molecule has 1 amide bonds. The van der Waals surface area contributed by atoms with Crippen molar-refractivity contribution in [3.05, 3.63) is 53.5 Å². The first-order valence-electron chi connectivity index (χ1n) is 9.38. The van der Waals surface area contributed by atoms with Gasteiger partial charge in [0.25, 0.3) is 0 Å². The highest BCUT2D eigenvalue weighted by atomic mass is 19.4. The van der Waals surface area contributed by atoms with Crippen LogP contribution in [-0.2, 0) is 23.9 Å². The molecule has 0 aliphatic heterocycles. The summed E-state index contributed by atoms with van der Waals surface area (Å²) in [6.45, 7) is 0.752. The van der Waals surface area contributed by atoms with Crippen LogP contribution >= 0.6 is 0 Å². The summed E-state index contributed by atoms with van der Waals surface area (Å²) < 4.78 is 40.2. The van der Waals surface area contributed by atoms with Crippen LogP contribution in [0.1, 0.15) is 42.1 Å². The first kappa shape index (κ1) is 18.6. The minimum atomic E-state index is -4.43. The Morgan fingerprint density at radius 1 is 1.29 bits per heavy atom. The number of aromatic nitrogens is 3. The maximum Gasteiger partial charge on any atom is 0.435 e. The van der Waals surface area contributed by atoms with Gasteiger partial charge in [-0.05, 0) is 37.0 Å². The minimum absolute atomic E-state index is 0.108. The van der Waals surface area contributed by atoms with Gasteiger partial charge in [0.15, 0.2) is 5.69 Å². The van der Waals surface area contributed by atoms with Crippen LogP contribution in [0, 0.1) is 0 Å². The van der Waals surface area contributed by atoms with Gasteiger partial charge in [0.2, 0.25) is 5.91 Å². The van der Waals surface area contributed by atoms with E-state index in [-0.39, 0.29) is 18.2 Å². The maximum absolute atomic E-state index is 12.9. The molecular weight excluding hydrogens is 369 g/mol. The highest BCUT2D eigenvalue weighted by Gasteiger charge is 2.37. The molecule has 4 rings (SSSR count). The monoisotopic (exact) mass is 390 g/mol. The van der Waals surface area contributed by atoms with Crippen molar-refractivity contribution in [2.24, 2.45) is 0 Å². The fourth-order valence-corrected chi connectivity index (χ4v) is 3.43. The van der Waals surface area contributed by atoms with Gasteiger partial charge in [0.1, 0.15) is 0 Å². The molecule has 0 radical (unpaired) electrons. The van der Waals surface area contributed by atoms with E-state index in [9.17, 15) is 18.0 Å². The number of carbonyl (C=O) groups excluding carboxylic acids is 1. The zero-order valence-electron chi connectivity index (χ0n) is 15.2. The average Bonchev–Trinajstić information content (AvgIpc) is 3.28. The van der Waals surface area contributed by atoms with Crippen molar-refractivity contribution in [1.82, 2.24) is 20.1 Å². The van der Waals surface area contributed by atoms with Crippen LogP contribution in [0.25, 0.3) is 10.9 Å². The molecule has 148 valence electrons. The van der Waals surface area contributed by atoms with E-state index in [0.29, 0.717) is 25.2 Å². The molecule has 1 aliphatic rings. The molecule has 0 atom stereocenters. The molecule has 1 saturated carbocycles. The normalized spacial score (nSPS) is 14.5. The van der Waals surface area contributed by atoms with E-state index < -0.39 is 11.9 Å². The van der Waals surface area contributed by atoms with E-state index in [4.69, 9.17) is 0 Å². The number of hydrogen-bond donors (Lipinski definition) is 2. The molecule has 0 saturated heterocycles. The summed E-state index contributed by atoms with van der Waals surface area (Å²) in [6.07, 6.45) is 0.00134. The van der Waals surface area contributed by atoms with Gasteiger partial charge in [0.05, 0.1) is 6.42 Å². The molecule has 1 aromatic carbocycles. The molecule has 3 aromatic rings. The van der Waals surface area contributed by atoms with E-state index >= 15 is 0 Å². The number of amides is 1. The van der Waals surface area contributed by atoms with Gasteiger partial charge in [-0.15, -0.1) is 0 Å². The lowest BCUT2D eigenvalue weighted by Crippen LogP contribution is -2.27. The SMILES string of the molecule is O=C(Cc1c[nH]c2ccccc12)NCCCn1nc(C(F)(F)F)cc1C1CC1. The van der Waals surface area contributed by atoms with E-state index in [0.717, 1.165) is 35.4 Å². The molecule has 28 heavy (non-hydrogen) atoms. The zero-order chi connectivity index (χ0) is 19.7. The number of rotatable bonds is 7. The lowest BCUT2D eigenvalue weighted by Gasteiger charge is -2.08. The number of nitrogens with zero attached hydrogens (tertiary/aromatic N) is 2. The number of aromatic amines is 1. The van der Waals surface area contributed by atoms with E-state index in [1.807, 2.05) is 30.5 Å². The Labute approximate surface area is 159 Å². The molecule has 8 heteroatoms. The summed E-state index contributed by atoms with van der Waals surface area (Å²) >= 11 is 0. The van der Waals surface area contributed by atoms with Gasteiger partial charge < -0.3 is 10.3 Å². The van der Waals surface area contributed by atoms with Gasteiger partial charge in [-0.2, -0.15) is 18.3 Å². The summed E-state index contributed by atoms with van der Waals surface area (Å²) in [5.74, 6) is 0.0729. The largest absolute Gasteiger partial charge is 0.435 e. The molecule has 5 nitrogen and oxygen atoms in total. The Kier molecular flexibility index (Phi) is 4.87. The lowest BCUT2D eigenvalue weighted by molar-refractivity contribution is -0.141. The Balaban J connectivity index is 1.30. The van der Waals surface area contributed by atoms with E-state index in [2.05, 4.69) is 15.4 Å². The van der Waals surface area contributed by atoms with Crippen LogP contribution in [0.4, 0.5) is 13.2 Å². The van der Waals surface area contributed by atoms with Gasteiger partial charge in [-0.1, -0.05) is 18.2 Å². The second-order valence-corrected chi connectivity index (χ2v) is 7.19. The smallest absolute Gasteiger partial charge is 0.361 e. The van der Waals surface area contributed by atoms with Gasteiger partial charge in [-0.25, -0.2) is 0 Å². The number of H-pyrrole nitrogens is 1. The van der Waals surface area contributed by atoms with Crippen molar-refractivity contribution in [3.63, 3.8) is 0 Å². The van der Waals surface area contributed by atoms with Crippen LogP contribution < -0.4 is 5.32 Å². The quantitative estimate of drug-likeness (QED) is 0.599. The summed E-state index contributed by atoms with van der Waals surface area (Å²) in [6, 6.07) is 8.93. The van der Waals surface area contributed by atoms with E-state index in [1.165, 1.54) is 4.68 Å². The van der Waals surface area contributed by atoms with Crippen LogP contribution in [0.2, 0.25) is 0 Å². The van der Waals surface area contributed by atoms with Crippen LogP contribution in [0.15, 0.2) is 36.5 Å². The molecule has 1 aliphatic carbocycles. The van der Waals surface area contributed by atoms with E-state index in [1.54, 1.807) is 0 Å². The molecule has 2 heterocycles. The van der Waals surface area contributed by atoms with Crippen LogP contribution in [-0.4, -0.2) is 27.2 Å². The highest BCUT2D eigenvalue weighted by molar-refractivity contribution is 5.88. The fraction of sp³-hybridized carbons (Fsp3) is 0.400. The lowest BCUT2D eigenvalue weighted by atomic mass is 10.1. The average molecular weight is 390 g/mol. The predicted octanol–water partition coefficient (Wildman–Crippen LogP) is 4.01. The summed E-state index contributed by atoms with van der Waals surface area (Å²) in [5, 5.41) is 7.59. The Bertz CT molecular complexity index is 985. The number of aryl methyl sites for hydroxylation is 1. The van der Waals surface area contributed by atoms with Crippen molar-refractivity contribution in [2.45, 2.75) is 44.3 Å². The summed E-state index contributed by atoms with van der Waals surface area (Å²) in [7, 11) is 0. The number of benzene rings is 1. The first-order chi connectivity index (χ1) is 13.4. The van der Waals surface area contributed by atoms with Crippen molar-refractivity contribution < 1.29 is 18.0 Å². The number of fused-ring (bicyclic) bond motifs is 1. The predicted molar refractivity (Wildman–Crippen MR) is 98.8 cm³/mol. The fourth-order valence-electron chi connectivity index (χ4n) is 3.43. The molecular formula is C20H21F3N4O. The second-order valence-electron chi connectivity index (χ2n) is 7.19. The molecule has 0 bridgehead atoms. The number of halogens is 3. The maximum atomic E-state index is 12.9. The number of hydrogen-bond acceptors (Lipinski definition) is 2. The minimum Gasteiger partial charge on any atom is -0.361 e. The molecule has 0 unspecified atom stereocenters. The zero-order valence-corrected chi connectivity index (χ0v) is 15.2. The molecule has 2 aromatic heterocycles. The van der Waals surface area contributed by atoms with Gasteiger partial charge in [-0.3, -0.25) is 9.48 Å². The van der Waals surface area contributed by atoms with Crippen molar-refractivity contribution in [1.29, 1.82) is 0 Å². The van der Waals surface area contributed by atoms with Crippen LogP contribution in [0.5, 0.6) is 0 Å². The number of nitrogens with one attached hydrogen (secondary N) is 2. The highest BCUT2D eigenvalue weighted by Crippen LogP contribution is 2.42. The number of para-hydroxylation sites is 1. The second kappa shape index (κ2) is 7.33. The topological polar surface area (TPSA) is 62.7 Å². The third-order valence-corrected chi connectivity index (χ3v) is 4.99. The van der Waals surface area contributed by atoms with Crippen LogP contribution in [0.3, 0.4) is 0 Å². The third kappa shape index (κ3) is 4.05. The Morgan fingerprint density at radius 3 is 2.82 bits per heavy atom. The standard InChI is InChI=1S/C20H21F3N4O/c21-20(22,23)18-11-17(13-6-7-13)27(26-18)9-3-8-24-19(28)10-14-12-25-16-5-2-1-4-15(14)16/h1-2,4-5,11-13,25H,3,6-10H2,(H,24,28). The molecule has 2 N–H and O–H groups in total. The summed E-state index contributed by atoms with van der Waals surface area (Å²) in [5.41, 5.74) is 1.72.